The molecule has 0 spiro atoms. The highest BCUT2D eigenvalue weighted by Crippen LogP contribution is 2.22. The standard InChI is InChI=1S/C16H27NO2/c1-16(2,3)14-8-6-13(7-9-14)10-17-11-15(19-5)12-18-4/h6-9,15,17H,10-12H2,1-5H3. The van der Waals surface area contributed by atoms with E-state index in [1.807, 2.05) is 0 Å². The minimum absolute atomic E-state index is 0.110. The molecule has 108 valence electrons. The number of methoxy groups -OCH3 is 2. The largest absolute Gasteiger partial charge is 0.382 e. The molecule has 1 aromatic rings. The van der Waals surface area contributed by atoms with Crippen LogP contribution in [0.2, 0.25) is 0 Å². The Morgan fingerprint density at radius 1 is 1.11 bits per heavy atom. The van der Waals surface area contributed by atoms with Crippen molar-refractivity contribution < 1.29 is 9.47 Å². The van der Waals surface area contributed by atoms with Gasteiger partial charge in [0.1, 0.15) is 0 Å². The van der Waals surface area contributed by atoms with Crippen molar-refractivity contribution in [3.63, 3.8) is 0 Å². The molecule has 1 atom stereocenters. The van der Waals surface area contributed by atoms with E-state index in [0.29, 0.717) is 6.61 Å². The highest BCUT2D eigenvalue weighted by atomic mass is 16.5. The van der Waals surface area contributed by atoms with Gasteiger partial charge in [0, 0.05) is 27.3 Å². The van der Waals surface area contributed by atoms with Gasteiger partial charge < -0.3 is 14.8 Å². The number of hydrogen-bond donors (Lipinski definition) is 1. The van der Waals surface area contributed by atoms with Gasteiger partial charge in [-0.05, 0) is 16.5 Å². The van der Waals surface area contributed by atoms with Gasteiger partial charge in [-0.2, -0.15) is 0 Å². The zero-order chi connectivity index (χ0) is 14.3. The zero-order valence-corrected chi connectivity index (χ0v) is 12.8. The van der Waals surface area contributed by atoms with Crippen molar-refractivity contribution >= 4 is 0 Å². The second-order valence-electron chi connectivity index (χ2n) is 5.89. The lowest BCUT2D eigenvalue weighted by Gasteiger charge is -2.19. The fourth-order valence-corrected chi connectivity index (χ4v) is 1.90. The van der Waals surface area contributed by atoms with Crippen LogP contribution in [-0.4, -0.2) is 33.5 Å². The summed E-state index contributed by atoms with van der Waals surface area (Å²) in [5, 5.41) is 3.39. The van der Waals surface area contributed by atoms with Crippen LogP contribution in [0, 0.1) is 0 Å². The fourth-order valence-electron chi connectivity index (χ4n) is 1.90. The Kier molecular flexibility index (Phi) is 6.49. The predicted octanol–water partition coefficient (Wildman–Crippen LogP) is 2.74. The number of hydrogen-bond acceptors (Lipinski definition) is 3. The average Bonchev–Trinajstić information content (AvgIpc) is 2.37. The summed E-state index contributed by atoms with van der Waals surface area (Å²) in [4.78, 5) is 0. The van der Waals surface area contributed by atoms with Crippen molar-refractivity contribution in [3.05, 3.63) is 35.4 Å². The van der Waals surface area contributed by atoms with Gasteiger partial charge in [-0.25, -0.2) is 0 Å². The summed E-state index contributed by atoms with van der Waals surface area (Å²) in [7, 11) is 3.40. The first-order valence-corrected chi connectivity index (χ1v) is 6.79. The summed E-state index contributed by atoms with van der Waals surface area (Å²) in [5.74, 6) is 0. The van der Waals surface area contributed by atoms with Gasteiger partial charge in [0.25, 0.3) is 0 Å². The first-order valence-electron chi connectivity index (χ1n) is 6.79. The van der Waals surface area contributed by atoms with Crippen LogP contribution in [0.15, 0.2) is 24.3 Å². The molecule has 0 radical (unpaired) electrons. The van der Waals surface area contributed by atoms with Gasteiger partial charge in [0.15, 0.2) is 0 Å². The smallest absolute Gasteiger partial charge is 0.0928 e. The Bertz CT molecular complexity index is 354. The summed E-state index contributed by atoms with van der Waals surface area (Å²) in [6.45, 7) is 8.96. The van der Waals surface area contributed by atoms with Crippen molar-refractivity contribution in [1.29, 1.82) is 0 Å². The van der Waals surface area contributed by atoms with Crippen LogP contribution >= 0.6 is 0 Å². The molecule has 1 N–H and O–H groups in total. The third kappa shape index (κ3) is 5.72. The monoisotopic (exact) mass is 265 g/mol. The number of benzene rings is 1. The Morgan fingerprint density at radius 3 is 2.21 bits per heavy atom. The summed E-state index contributed by atoms with van der Waals surface area (Å²) in [6, 6.07) is 8.79. The SMILES string of the molecule is COCC(CNCc1ccc(C(C)(C)C)cc1)OC. The third-order valence-corrected chi connectivity index (χ3v) is 3.21. The van der Waals surface area contributed by atoms with Gasteiger partial charge in [0.05, 0.1) is 12.7 Å². The molecule has 3 heteroatoms. The van der Waals surface area contributed by atoms with E-state index < -0.39 is 0 Å². The minimum Gasteiger partial charge on any atom is -0.382 e. The van der Waals surface area contributed by atoms with Crippen LogP contribution in [0.5, 0.6) is 0 Å². The van der Waals surface area contributed by atoms with E-state index in [4.69, 9.17) is 9.47 Å². The first kappa shape index (κ1) is 16.2. The highest BCUT2D eigenvalue weighted by Gasteiger charge is 2.12. The molecular weight excluding hydrogens is 238 g/mol. The number of ether oxygens (including phenoxy) is 2. The topological polar surface area (TPSA) is 30.5 Å². The van der Waals surface area contributed by atoms with Crippen molar-refractivity contribution in [3.8, 4) is 0 Å². The summed E-state index contributed by atoms with van der Waals surface area (Å²) in [6.07, 6.45) is 0.110. The Morgan fingerprint density at radius 2 is 1.74 bits per heavy atom. The van der Waals surface area contributed by atoms with Crippen LogP contribution in [0.3, 0.4) is 0 Å². The highest BCUT2D eigenvalue weighted by molar-refractivity contribution is 5.27. The van der Waals surface area contributed by atoms with Gasteiger partial charge in [-0.1, -0.05) is 45.0 Å². The Hall–Kier alpha value is -0.900. The van der Waals surface area contributed by atoms with Crippen molar-refractivity contribution in [2.75, 3.05) is 27.4 Å². The van der Waals surface area contributed by atoms with Gasteiger partial charge in [0.2, 0.25) is 0 Å². The van der Waals surface area contributed by atoms with E-state index in [0.717, 1.165) is 13.1 Å². The predicted molar refractivity (Wildman–Crippen MR) is 79.5 cm³/mol. The molecule has 0 aromatic heterocycles. The molecule has 0 amide bonds. The second kappa shape index (κ2) is 7.63. The molecule has 0 heterocycles. The fraction of sp³-hybridized carbons (Fsp3) is 0.625. The van der Waals surface area contributed by atoms with Crippen LogP contribution < -0.4 is 5.32 Å². The molecule has 0 saturated heterocycles. The average molecular weight is 265 g/mol. The quantitative estimate of drug-likeness (QED) is 0.822. The van der Waals surface area contributed by atoms with Crippen LogP contribution in [0.4, 0.5) is 0 Å². The van der Waals surface area contributed by atoms with E-state index in [1.54, 1.807) is 14.2 Å². The number of rotatable bonds is 7. The molecule has 1 rings (SSSR count). The molecule has 0 fully saturated rings. The van der Waals surface area contributed by atoms with Gasteiger partial charge in [-0.15, -0.1) is 0 Å². The van der Waals surface area contributed by atoms with Crippen molar-refractivity contribution in [2.45, 2.75) is 38.8 Å². The Labute approximate surface area is 117 Å². The maximum Gasteiger partial charge on any atom is 0.0928 e. The molecular formula is C16H27NO2. The lowest BCUT2D eigenvalue weighted by atomic mass is 9.87. The molecule has 19 heavy (non-hydrogen) atoms. The lowest BCUT2D eigenvalue weighted by molar-refractivity contribution is 0.0288. The molecule has 0 aliphatic heterocycles. The molecule has 3 nitrogen and oxygen atoms in total. The molecule has 1 aromatic carbocycles. The van der Waals surface area contributed by atoms with E-state index in [2.05, 4.69) is 50.4 Å². The van der Waals surface area contributed by atoms with Crippen LogP contribution in [0.25, 0.3) is 0 Å². The van der Waals surface area contributed by atoms with Gasteiger partial charge >= 0.3 is 0 Å². The van der Waals surface area contributed by atoms with Crippen LogP contribution in [-0.2, 0) is 21.4 Å². The normalized spacial score (nSPS) is 13.5. The van der Waals surface area contributed by atoms with Crippen molar-refractivity contribution in [2.24, 2.45) is 0 Å². The second-order valence-corrected chi connectivity index (χ2v) is 5.89. The molecule has 0 saturated carbocycles. The van der Waals surface area contributed by atoms with E-state index in [9.17, 15) is 0 Å². The van der Waals surface area contributed by atoms with E-state index in [-0.39, 0.29) is 11.5 Å². The summed E-state index contributed by atoms with van der Waals surface area (Å²) in [5.41, 5.74) is 2.87. The third-order valence-electron chi connectivity index (χ3n) is 3.21. The Balaban J connectivity index is 2.42. The molecule has 0 bridgehead atoms. The van der Waals surface area contributed by atoms with Crippen LogP contribution in [0.1, 0.15) is 31.9 Å². The lowest BCUT2D eigenvalue weighted by Crippen LogP contribution is -2.31. The molecule has 0 aliphatic rings. The van der Waals surface area contributed by atoms with E-state index in [1.165, 1.54) is 11.1 Å². The minimum atomic E-state index is 0.110. The zero-order valence-electron chi connectivity index (χ0n) is 12.8. The van der Waals surface area contributed by atoms with E-state index >= 15 is 0 Å². The summed E-state index contributed by atoms with van der Waals surface area (Å²) < 4.78 is 10.4. The van der Waals surface area contributed by atoms with Gasteiger partial charge in [-0.3, -0.25) is 0 Å². The van der Waals surface area contributed by atoms with Crippen molar-refractivity contribution in [1.82, 2.24) is 5.32 Å². The molecule has 0 aliphatic carbocycles. The molecule has 1 unspecified atom stereocenters. The maximum atomic E-state index is 5.30. The first-order chi connectivity index (χ1) is 8.97. The maximum absolute atomic E-state index is 5.30. The summed E-state index contributed by atoms with van der Waals surface area (Å²) >= 11 is 0. The number of nitrogens with one attached hydrogen (secondary N) is 1.